The SMILES string of the molecule is CC(C)OC(Cl)Cc1ccccc1. The molecule has 0 amide bonds. The fraction of sp³-hybridized carbons (Fsp3) is 0.455. The Kier molecular flexibility index (Phi) is 4.26. The van der Waals surface area contributed by atoms with Crippen molar-refractivity contribution in [3.63, 3.8) is 0 Å². The van der Waals surface area contributed by atoms with Gasteiger partial charge in [0.05, 0.1) is 6.10 Å². The zero-order valence-electron chi connectivity index (χ0n) is 8.03. The molecule has 0 saturated carbocycles. The van der Waals surface area contributed by atoms with E-state index < -0.39 is 0 Å². The average Bonchev–Trinajstić information content (AvgIpc) is 2.04. The highest BCUT2D eigenvalue weighted by Crippen LogP contribution is 2.10. The number of hydrogen-bond acceptors (Lipinski definition) is 1. The van der Waals surface area contributed by atoms with E-state index in [-0.39, 0.29) is 11.7 Å². The summed E-state index contributed by atoms with van der Waals surface area (Å²) in [6.07, 6.45) is 0.951. The molecule has 1 aromatic rings. The average molecular weight is 199 g/mol. The summed E-state index contributed by atoms with van der Waals surface area (Å²) in [5.74, 6) is 0. The first-order valence-electron chi connectivity index (χ1n) is 4.52. The number of ether oxygens (including phenoxy) is 1. The van der Waals surface area contributed by atoms with Crippen LogP contribution in [-0.2, 0) is 11.2 Å². The van der Waals surface area contributed by atoms with Crippen molar-refractivity contribution in [2.75, 3.05) is 0 Å². The molecule has 1 nitrogen and oxygen atoms in total. The van der Waals surface area contributed by atoms with Crippen molar-refractivity contribution in [1.29, 1.82) is 0 Å². The number of benzene rings is 1. The standard InChI is InChI=1S/C11H15ClO/c1-9(2)13-11(12)8-10-6-4-3-5-7-10/h3-7,9,11H,8H2,1-2H3. The molecular formula is C11H15ClO. The molecule has 13 heavy (non-hydrogen) atoms. The van der Waals surface area contributed by atoms with Crippen LogP contribution in [0.1, 0.15) is 19.4 Å². The predicted molar refractivity (Wildman–Crippen MR) is 56.0 cm³/mol. The lowest BCUT2D eigenvalue weighted by molar-refractivity contribution is 0.0553. The molecule has 0 heterocycles. The maximum atomic E-state index is 5.99. The fourth-order valence-corrected chi connectivity index (χ4v) is 1.53. The van der Waals surface area contributed by atoms with Gasteiger partial charge in [0.15, 0.2) is 0 Å². The molecule has 0 spiro atoms. The minimum Gasteiger partial charge on any atom is -0.359 e. The molecule has 1 rings (SSSR count). The molecule has 1 atom stereocenters. The number of alkyl halides is 1. The summed E-state index contributed by atoms with van der Waals surface area (Å²) in [5.41, 5.74) is 0.991. The van der Waals surface area contributed by atoms with Gasteiger partial charge in [-0.25, -0.2) is 0 Å². The molecule has 0 fully saturated rings. The van der Waals surface area contributed by atoms with Gasteiger partial charge in [-0.3, -0.25) is 0 Å². The van der Waals surface area contributed by atoms with Crippen LogP contribution in [0, 0.1) is 0 Å². The maximum absolute atomic E-state index is 5.99. The van der Waals surface area contributed by atoms with E-state index in [4.69, 9.17) is 16.3 Å². The van der Waals surface area contributed by atoms with Crippen LogP contribution in [0.15, 0.2) is 30.3 Å². The Morgan fingerprint density at radius 2 is 1.85 bits per heavy atom. The minimum absolute atomic E-state index is 0.186. The second-order valence-electron chi connectivity index (χ2n) is 3.28. The van der Waals surface area contributed by atoms with E-state index in [1.165, 1.54) is 5.56 Å². The van der Waals surface area contributed by atoms with Gasteiger partial charge in [0.25, 0.3) is 0 Å². The molecule has 0 N–H and O–H groups in total. The molecule has 1 unspecified atom stereocenters. The number of halogens is 1. The summed E-state index contributed by atoms with van der Waals surface area (Å²) in [6.45, 7) is 3.97. The quantitative estimate of drug-likeness (QED) is 0.676. The van der Waals surface area contributed by atoms with Crippen molar-refractivity contribution < 1.29 is 4.74 Å². The Morgan fingerprint density at radius 1 is 1.23 bits per heavy atom. The molecule has 0 radical (unpaired) electrons. The highest BCUT2D eigenvalue weighted by Gasteiger charge is 2.07. The lowest BCUT2D eigenvalue weighted by atomic mass is 10.2. The summed E-state index contributed by atoms with van der Waals surface area (Å²) in [7, 11) is 0. The van der Waals surface area contributed by atoms with Crippen molar-refractivity contribution in [3.8, 4) is 0 Å². The zero-order chi connectivity index (χ0) is 9.68. The van der Waals surface area contributed by atoms with E-state index in [0.29, 0.717) is 0 Å². The highest BCUT2D eigenvalue weighted by atomic mass is 35.5. The number of hydrogen-bond donors (Lipinski definition) is 0. The van der Waals surface area contributed by atoms with Crippen LogP contribution in [0.3, 0.4) is 0 Å². The first kappa shape index (κ1) is 10.6. The highest BCUT2D eigenvalue weighted by molar-refractivity contribution is 6.19. The second-order valence-corrected chi connectivity index (χ2v) is 3.77. The topological polar surface area (TPSA) is 9.23 Å². The molecule has 72 valence electrons. The Hall–Kier alpha value is -0.530. The Balaban J connectivity index is 2.41. The summed E-state index contributed by atoms with van der Waals surface area (Å²) in [4.78, 5) is 0. The van der Waals surface area contributed by atoms with Crippen molar-refractivity contribution in [2.24, 2.45) is 0 Å². The van der Waals surface area contributed by atoms with E-state index in [1.54, 1.807) is 0 Å². The monoisotopic (exact) mass is 198 g/mol. The van der Waals surface area contributed by atoms with Crippen LogP contribution < -0.4 is 0 Å². The molecule has 0 aliphatic carbocycles. The molecule has 0 saturated heterocycles. The van der Waals surface area contributed by atoms with Gasteiger partial charge in [0.2, 0.25) is 0 Å². The third kappa shape index (κ3) is 4.30. The van der Waals surface area contributed by atoms with Crippen LogP contribution in [0.5, 0.6) is 0 Å². The third-order valence-corrected chi connectivity index (χ3v) is 1.92. The minimum atomic E-state index is -0.220. The van der Waals surface area contributed by atoms with E-state index in [2.05, 4.69) is 12.1 Å². The van der Waals surface area contributed by atoms with E-state index in [9.17, 15) is 0 Å². The van der Waals surface area contributed by atoms with Gasteiger partial charge in [-0.15, -0.1) is 0 Å². The smallest absolute Gasteiger partial charge is 0.135 e. The molecule has 2 heteroatoms. The van der Waals surface area contributed by atoms with Crippen LogP contribution >= 0.6 is 11.6 Å². The van der Waals surface area contributed by atoms with Crippen LogP contribution in [-0.4, -0.2) is 11.7 Å². The van der Waals surface area contributed by atoms with Crippen molar-refractivity contribution in [3.05, 3.63) is 35.9 Å². The lowest BCUT2D eigenvalue weighted by Gasteiger charge is -2.13. The summed E-state index contributed by atoms with van der Waals surface area (Å²) in [6, 6.07) is 10.1. The van der Waals surface area contributed by atoms with Gasteiger partial charge in [-0.1, -0.05) is 41.9 Å². The molecule has 0 aliphatic rings. The van der Waals surface area contributed by atoms with Gasteiger partial charge < -0.3 is 4.74 Å². The maximum Gasteiger partial charge on any atom is 0.135 e. The Morgan fingerprint density at radius 3 is 2.38 bits per heavy atom. The van der Waals surface area contributed by atoms with Crippen molar-refractivity contribution >= 4 is 11.6 Å². The third-order valence-electron chi connectivity index (χ3n) is 1.66. The second kappa shape index (κ2) is 5.25. The molecule has 0 aliphatic heterocycles. The van der Waals surface area contributed by atoms with E-state index in [1.807, 2.05) is 32.0 Å². The lowest BCUT2D eigenvalue weighted by Crippen LogP contribution is -2.14. The van der Waals surface area contributed by atoms with Crippen molar-refractivity contribution in [1.82, 2.24) is 0 Å². The molecular weight excluding hydrogens is 184 g/mol. The largest absolute Gasteiger partial charge is 0.359 e. The van der Waals surface area contributed by atoms with Crippen LogP contribution in [0.2, 0.25) is 0 Å². The normalized spacial score (nSPS) is 13.2. The van der Waals surface area contributed by atoms with Gasteiger partial charge >= 0.3 is 0 Å². The van der Waals surface area contributed by atoms with Gasteiger partial charge in [0.1, 0.15) is 5.56 Å². The predicted octanol–water partition coefficient (Wildman–Crippen LogP) is 3.22. The van der Waals surface area contributed by atoms with Crippen LogP contribution in [0.4, 0.5) is 0 Å². The van der Waals surface area contributed by atoms with Gasteiger partial charge in [0, 0.05) is 6.42 Å². The molecule has 0 bridgehead atoms. The first-order valence-corrected chi connectivity index (χ1v) is 4.95. The van der Waals surface area contributed by atoms with Crippen molar-refractivity contribution in [2.45, 2.75) is 31.9 Å². The zero-order valence-corrected chi connectivity index (χ0v) is 8.79. The van der Waals surface area contributed by atoms with E-state index in [0.717, 1.165) is 6.42 Å². The fourth-order valence-electron chi connectivity index (χ4n) is 1.14. The number of rotatable bonds is 4. The van der Waals surface area contributed by atoms with Gasteiger partial charge in [-0.2, -0.15) is 0 Å². The van der Waals surface area contributed by atoms with Gasteiger partial charge in [-0.05, 0) is 19.4 Å². The molecule has 0 aromatic heterocycles. The summed E-state index contributed by atoms with van der Waals surface area (Å²) >= 11 is 5.99. The Bertz CT molecular complexity index is 233. The summed E-state index contributed by atoms with van der Waals surface area (Å²) < 4.78 is 5.42. The van der Waals surface area contributed by atoms with E-state index >= 15 is 0 Å². The Labute approximate surface area is 84.7 Å². The first-order chi connectivity index (χ1) is 6.18. The molecule has 1 aromatic carbocycles. The summed E-state index contributed by atoms with van der Waals surface area (Å²) in [5, 5.41) is 0. The van der Waals surface area contributed by atoms with Crippen LogP contribution in [0.25, 0.3) is 0 Å².